The van der Waals surface area contributed by atoms with Crippen LogP contribution in [0.3, 0.4) is 0 Å². The van der Waals surface area contributed by atoms with Crippen LogP contribution in [0.5, 0.6) is 0 Å². The monoisotopic (exact) mass is 212 g/mol. The zero-order chi connectivity index (χ0) is 12.3. The third kappa shape index (κ3) is 10.1. The maximum absolute atomic E-state index is 10.6. The van der Waals surface area contributed by atoms with Crippen LogP contribution in [0.15, 0.2) is 38.5 Å². The Bertz CT molecular complexity index is 233. The molecule has 1 unspecified atom stereocenters. The Morgan fingerprint density at radius 1 is 1.20 bits per heavy atom. The minimum Gasteiger partial charge on any atom is -0.459 e. The third-order valence-corrected chi connectivity index (χ3v) is 1.11. The Morgan fingerprint density at radius 3 is 2.07 bits per heavy atom. The van der Waals surface area contributed by atoms with Gasteiger partial charge in [-0.15, -0.1) is 13.2 Å². The van der Waals surface area contributed by atoms with Gasteiger partial charge in [-0.05, 0) is 6.92 Å². The van der Waals surface area contributed by atoms with E-state index in [1.165, 1.54) is 0 Å². The lowest BCUT2D eigenvalue weighted by Crippen LogP contribution is -2.20. The number of hydrogen-bond acceptors (Lipinski definition) is 4. The molecule has 1 atom stereocenters. The number of rotatable bonds is 5. The minimum absolute atomic E-state index is 0.0183. The molecule has 0 spiro atoms. The van der Waals surface area contributed by atoms with Gasteiger partial charge in [0.05, 0.1) is 0 Å². The molecular formula is C11H16O4. The number of carbonyl (C=O) groups excluding carboxylic acids is 2. The molecule has 0 saturated heterocycles. The largest absolute Gasteiger partial charge is 0.459 e. The summed E-state index contributed by atoms with van der Waals surface area (Å²) in [5.41, 5.74) is 0. The zero-order valence-corrected chi connectivity index (χ0v) is 8.90. The van der Waals surface area contributed by atoms with Crippen molar-refractivity contribution in [2.45, 2.75) is 13.0 Å². The Balaban J connectivity index is 0. The van der Waals surface area contributed by atoms with Crippen LogP contribution in [0.25, 0.3) is 0 Å². The lowest BCUT2D eigenvalue weighted by atomic mass is 10.4. The van der Waals surface area contributed by atoms with Crippen molar-refractivity contribution in [2.24, 2.45) is 0 Å². The molecule has 0 radical (unpaired) electrons. The molecule has 0 aromatic rings. The van der Waals surface area contributed by atoms with Crippen molar-refractivity contribution in [2.75, 3.05) is 6.61 Å². The predicted octanol–water partition coefficient (Wildman–Crippen LogP) is 1.64. The molecule has 0 aliphatic heterocycles. The first kappa shape index (κ1) is 15.6. The number of ether oxygens (including phenoxy) is 2. The quantitative estimate of drug-likeness (QED) is 0.395. The van der Waals surface area contributed by atoms with E-state index in [0.29, 0.717) is 0 Å². The summed E-state index contributed by atoms with van der Waals surface area (Å²) in [5.74, 6) is -1.08. The fraction of sp³-hybridized carbons (Fsp3) is 0.273. The second-order valence-electron chi connectivity index (χ2n) is 2.29. The van der Waals surface area contributed by atoms with Crippen molar-refractivity contribution in [1.82, 2.24) is 0 Å². The molecule has 4 heteroatoms. The van der Waals surface area contributed by atoms with Crippen LogP contribution in [-0.4, -0.2) is 24.6 Å². The van der Waals surface area contributed by atoms with Crippen molar-refractivity contribution in [3.8, 4) is 0 Å². The molecule has 0 N–H and O–H groups in total. The molecule has 0 aromatic carbocycles. The van der Waals surface area contributed by atoms with Crippen molar-refractivity contribution in [3.05, 3.63) is 38.5 Å². The van der Waals surface area contributed by atoms with Crippen LogP contribution in [0.2, 0.25) is 0 Å². The van der Waals surface area contributed by atoms with Crippen molar-refractivity contribution >= 4 is 11.9 Å². The van der Waals surface area contributed by atoms with Crippen molar-refractivity contribution in [3.63, 3.8) is 0 Å². The first-order chi connectivity index (χ1) is 7.10. The lowest BCUT2D eigenvalue weighted by molar-refractivity contribution is -0.151. The fourth-order valence-electron chi connectivity index (χ4n) is 0.539. The second kappa shape index (κ2) is 10.2. The molecule has 0 fully saturated rings. The molecule has 0 rings (SSSR count). The second-order valence-corrected chi connectivity index (χ2v) is 2.29. The van der Waals surface area contributed by atoms with Gasteiger partial charge in [0.1, 0.15) is 12.7 Å². The van der Waals surface area contributed by atoms with E-state index in [-0.39, 0.29) is 6.61 Å². The first-order valence-electron chi connectivity index (χ1n) is 4.22. The maximum atomic E-state index is 10.6. The summed E-state index contributed by atoms with van der Waals surface area (Å²) >= 11 is 0. The summed E-state index contributed by atoms with van der Waals surface area (Å²) in [4.78, 5) is 21.2. The van der Waals surface area contributed by atoms with Crippen molar-refractivity contribution in [1.29, 1.82) is 0 Å². The average Bonchev–Trinajstić information content (AvgIpc) is 2.28. The Hall–Kier alpha value is -1.84. The van der Waals surface area contributed by atoms with Gasteiger partial charge in [-0.25, -0.2) is 9.59 Å². The molecule has 0 bridgehead atoms. The summed E-state index contributed by atoms with van der Waals surface area (Å²) in [7, 11) is 0. The van der Waals surface area contributed by atoms with Crippen LogP contribution in [0.4, 0.5) is 0 Å². The standard InChI is InChI=1S/C9H12O4.C2H4/c1-4-8(10)12-6-7(3)13-9(11)5-2;1-2/h4-5,7H,1-2,6H2,3H3;1-2H2. The molecule has 0 saturated carbocycles. The van der Waals surface area contributed by atoms with Crippen LogP contribution in [-0.2, 0) is 19.1 Å². The van der Waals surface area contributed by atoms with Crippen LogP contribution in [0, 0.1) is 0 Å². The summed E-state index contributed by atoms with van der Waals surface area (Å²) in [5, 5.41) is 0. The zero-order valence-electron chi connectivity index (χ0n) is 8.90. The fourth-order valence-corrected chi connectivity index (χ4v) is 0.539. The van der Waals surface area contributed by atoms with Gasteiger partial charge >= 0.3 is 11.9 Å². The first-order valence-corrected chi connectivity index (χ1v) is 4.22. The van der Waals surface area contributed by atoms with Gasteiger partial charge < -0.3 is 9.47 Å². The van der Waals surface area contributed by atoms with Crippen LogP contribution in [0.1, 0.15) is 6.92 Å². The van der Waals surface area contributed by atoms with E-state index in [1.54, 1.807) is 6.92 Å². The van der Waals surface area contributed by atoms with E-state index in [0.717, 1.165) is 12.2 Å². The molecule has 84 valence electrons. The molecule has 0 aliphatic rings. The Morgan fingerprint density at radius 2 is 1.67 bits per heavy atom. The van der Waals surface area contributed by atoms with E-state index in [1.807, 2.05) is 0 Å². The number of esters is 2. The van der Waals surface area contributed by atoms with E-state index in [4.69, 9.17) is 4.74 Å². The highest BCUT2D eigenvalue weighted by Crippen LogP contribution is 1.94. The number of carbonyl (C=O) groups is 2. The molecule has 4 nitrogen and oxygen atoms in total. The van der Waals surface area contributed by atoms with Gasteiger partial charge in [-0.1, -0.05) is 13.2 Å². The molecule has 0 heterocycles. The highest BCUT2D eigenvalue weighted by molar-refractivity contribution is 5.82. The Kier molecular flexibility index (Phi) is 10.7. The summed E-state index contributed by atoms with van der Waals surface area (Å²) in [6.07, 6.45) is 1.61. The molecule has 15 heavy (non-hydrogen) atoms. The number of hydrogen-bond donors (Lipinski definition) is 0. The average molecular weight is 212 g/mol. The highest BCUT2D eigenvalue weighted by atomic mass is 16.6. The summed E-state index contributed by atoms with van der Waals surface area (Å²) in [6, 6.07) is 0. The predicted molar refractivity (Wildman–Crippen MR) is 58.2 cm³/mol. The van der Waals surface area contributed by atoms with Gasteiger partial charge in [-0.3, -0.25) is 0 Å². The molecule has 0 amide bonds. The van der Waals surface area contributed by atoms with Crippen LogP contribution < -0.4 is 0 Å². The topological polar surface area (TPSA) is 52.6 Å². The lowest BCUT2D eigenvalue weighted by Gasteiger charge is -2.10. The van der Waals surface area contributed by atoms with Gasteiger partial charge in [0, 0.05) is 12.2 Å². The maximum Gasteiger partial charge on any atom is 0.330 e. The van der Waals surface area contributed by atoms with Gasteiger partial charge in [0.15, 0.2) is 0 Å². The highest BCUT2D eigenvalue weighted by Gasteiger charge is 2.07. The van der Waals surface area contributed by atoms with E-state index in [9.17, 15) is 9.59 Å². The van der Waals surface area contributed by atoms with Gasteiger partial charge in [0.2, 0.25) is 0 Å². The molecule has 0 aliphatic carbocycles. The van der Waals surface area contributed by atoms with Crippen LogP contribution >= 0.6 is 0 Å². The molecule has 0 aromatic heterocycles. The minimum atomic E-state index is -0.540. The Labute approximate surface area is 89.9 Å². The van der Waals surface area contributed by atoms with Gasteiger partial charge in [-0.2, -0.15) is 0 Å². The van der Waals surface area contributed by atoms with Gasteiger partial charge in [0.25, 0.3) is 0 Å². The van der Waals surface area contributed by atoms with E-state index < -0.39 is 18.0 Å². The SMILES string of the molecule is C=C.C=CC(=O)OCC(C)OC(=O)C=C. The summed E-state index contributed by atoms with van der Waals surface area (Å²) in [6.45, 7) is 14.1. The van der Waals surface area contributed by atoms with Crippen molar-refractivity contribution < 1.29 is 19.1 Å². The van der Waals surface area contributed by atoms with E-state index in [2.05, 4.69) is 31.1 Å². The normalized spacial score (nSPS) is 9.93. The van der Waals surface area contributed by atoms with E-state index >= 15 is 0 Å². The smallest absolute Gasteiger partial charge is 0.330 e. The molecular weight excluding hydrogens is 196 g/mol. The summed E-state index contributed by atoms with van der Waals surface area (Å²) < 4.78 is 9.36. The third-order valence-electron chi connectivity index (χ3n) is 1.11.